The van der Waals surface area contributed by atoms with Gasteiger partial charge in [0.15, 0.2) is 17.8 Å². The summed E-state index contributed by atoms with van der Waals surface area (Å²) in [4.78, 5) is 10.7. The van der Waals surface area contributed by atoms with Gasteiger partial charge in [-0.3, -0.25) is 4.79 Å². The van der Waals surface area contributed by atoms with Crippen LogP contribution in [0.15, 0.2) is 12.1 Å². The molecule has 1 aromatic carbocycles. The molecule has 0 amide bonds. The van der Waals surface area contributed by atoms with Crippen molar-refractivity contribution in [1.82, 2.24) is 0 Å². The van der Waals surface area contributed by atoms with E-state index in [-0.39, 0.29) is 0 Å². The summed E-state index contributed by atoms with van der Waals surface area (Å²) in [7, 11) is 0. The van der Waals surface area contributed by atoms with E-state index < -0.39 is 5.79 Å². The second-order valence-corrected chi connectivity index (χ2v) is 4.31. The fraction of sp³-hybridized carbons (Fsp3) is 0.364. The quantitative estimate of drug-likeness (QED) is 0.688. The lowest BCUT2D eigenvalue weighted by atomic mass is 9.91. The zero-order valence-corrected chi connectivity index (χ0v) is 8.71. The van der Waals surface area contributed by atoms with Gasteiger partial charge in [0.05, 0.1) is 5.02 Å². The second kappa shape index (κ2) is 2.89. The number of carbonyl (C=O) groups is 1. The van der Waals surface area contributed by atoms with Crippen LogP contribution in [0.2, 0.25) is 5.02 Å². The first-order valence-electron chi connectivity index (χ1n) is 4.89. The van der Waals surface area contributed by atoms with Crippen LogP contribution in [-0.2, 0) is 0 Å². The lowest BCUT2D eigenvalue weighted by Gasteiger charge is -2.35. The van der Waals surface area contributed by atoms with Crippen LogP contribution in [0.4, 0.5) is 0 Å². The van der Waals surface area contributed by atoms with E-state index in [4.69, 9.17) is 21.1 Å². The van der Waals surface area contributed by atoms with Crippen LogP contribution >= 0.6 is 11.6 Å². The lowest BCUT2D eigenvalue weighted by molar-refractivity contribution is -0.138. The van der Waals surface area contributed by atoms with Crippen LogP contribution in [0, 0.1) is 0 Å². The third-order valence-corrected chi connectivity index (χ3v) is 3.22. The molecule has 2 aliphatic rings. The molecule has 0 unspecified atom stereocenters. The van der Waals surface area contributed by atoms with Gasteiger partial charge in [0.2, 0.25) is 0 Å². The van der Waals surface area contributed by atoms with Crippen LogP contribution in [0.5, 0.6) is 11.5 Å². The molecule has 1 aliphatic heterocycles. The smallest absolute Gasteiger partial charge is 0.251 e. The molecule has 1 spiro atoms. The van der Waals surface area contributed by atoms with Crippen LogP contribution in [-0.4, -0.2) is 12.1 Å². The first kappa shape index (κ1) is 9.04. The van der Waals surface area contributed by atoms with Gasteiger partial charge < -0.3 is 9.47 Å². The highest BCUT2D eigenvalue weighted by atomic mass is 35.5. The summed E-state index contributed by atoms with van der Waals surface area (Å²) in [6, 6.07) is 3.28. The van der Waals surface area contributed by atoms with Crippen molar-refractivity contribution in [3.05, 3.63) is 22.7 Å². The largest absolute Gasteiger partial charge is 0.448 e. The van der Waals surface area contributed by atoms with E-state index in [1.807, 2.05) is 0 Å². The number of aldehydes is 1. The summed E-state index contributed by atoms with van der Waals surface area (Å²) in [5.41, 5.74) is 0.440. The summed E-state index contributed by atoms with van der Waals surface area (Å²) < 4.78 is 11.4. The maximum Gasteiger partial charge on any atom is 0.251 e. The summed E-state index contributed by atoms with van der Waals surface area (Å²) in [5, 5.41) is 0.406. The minimum absolute atomic E-state index is 0.406. The number of rotatable bonds is 1. The molecule has 0 atom stereocenters. The average Bonchev–Trinajstić information content (AvgIpc) is 2.54. The van der Waals surface area contributed by atoms with E-state index in [0.29, 0.717) is 22.1 Å². The number of carbonyl (C=O) groups excluding carboxylic acids is 1. The van der Waals surface area contributed by atoms with Gasteiger partial charge in [0.1, 0.15) is 0 Å². The van der Waals surface area contributed by atoms with Crippen molar-refractivity contribution in [3.8, 4) is 11.5 Å². The third kappa shape index (κ3) is 1.23. The summed E-state index contributed by atoms with van der Waals surface area (Å²) >= 11 is 5.90. The SMILES string of the molecule is O=Cc1cc2c(cc1Cl)OC1(CCC1)O2. The number of hydrogen-bond donors (Lipinski definition) is 0. The van der Waals surface area contributed by atoms with Crippen molar-refractivity contribution < 1.29 is 14.3 Å². The monoisotopic (exact) mass is 224 g/mol. The van der Waals surface area contributed by atoms with Gasteiger partial charge in [0.25, 0.3) is 5.79 Å². The van der Waals surface area contributed by atoms with E-state index in [1.54, 1.807) is 12.1 Å². The Hall–Kier alpha value is -1.22. The Labute approximate surface area is 91.9 Å². The predicted molar refractivity (Wildman–Crippen MR) is 54.7 cm³/mol. The molecule has 15 heavy (non-hydrogen) atoms. The Kier molecular flexibility index (Phi) is 1.74. The highest BCUT2D eigenvalue weighted by molar-refractivity contribution is 6.33. The first-order valence-corrected chi connectivity index (χ1v) is 5.27. The first-order chi connectivity index (χ1) is 7.22. The minimum Gasteiger partial charge on any atom is -0.448 e. The Morgan fingerprint density at radius 3 is 2.47 bits per heavy atom. The van der Waals surface area contributed by atoms with Crippen LogP contribution in [0.25, 0.3) is 0 Å². The van der Waals surface area contributed by atoms with Gasteiger partial charge in [-0.15, -0.1) is 0 Å². The standard InChI is InChI=1S/C11H9ClO3/c12-8-5-10-9(4-7(8)6-13)14-11(15-10)2-1-3-11/h4-6H,1-3H2. The molecule has 0 bridgehead atoms. The van der Waals surface area contributed by atoms with Crippen LogP contribution < -0.4 is 9.47 Å². The van der Waals surface area contributed by atoms with Gasteiger partial charge in [0, 0.05) is 24.5 Å². The van der Waals surface area contributed by atoms with E-state index in [1.165, 1.54) is 0 Å². The molecule has 3 nitrogen and oxygen atoms in total. The van der Waals surface area contributed by atoms with Crippen molar-refractivity contribution in [2.75, 3.05) is 0 Å². The van der Waals surface area contributed by atoms with Crippen molar-refractivity contribution in [3.63, 3.8) is 0 Å². The predicted octanol–water partition coefficient (Wildman–Crippen LogP) is 2.80. The Bertz CT molecular complexity index is 438. The highest BCUT2D eigenvalue weighted by Gasteiger charge is 2.47. The molecule has 4 heteroatoms. The van der Waals surface area contributed by atoms with Gasteiger partial charge in [-0.2, -0.15) is 0 Å². The van der Waals surface area contributed by atoms with Crippen molar-refractivity contribution in [1.29, 1.82) is 0 Å². The fourth-order valence-electron chi connectivity index (χ4n) is 1.89. The summed E-state index contributed by atoms with van der Waals surface area (Å²) in [6.45, 7) is 0. The lowest BCUT2D eigenvalue weighted by Crippen LogP contribution is -2.45. The molecule has 1 aromatic rings. The molecule has 3 rings (SSSR count). The zero-order chi connectivity index (χ0) is 10.5. The Morgan fingerprint density at radius 1 is 1.27 bits per heavy atom. The van der Waals surface area contributed by atoms with E-state index in [9.17, 15) is 4.79 Å². The van der Waals surface area contributed by atoms with E-state index in [0.717, 1.165) is 25.5 Å². The van der Waals surface area contributed by atoms with Gasteiger partial charge in [-0.25, -0.2) is 0 Å². The maximum absolute atomic E-state index is 10.7. The molecule has 78 valence electrons. The zero-order valence-electron chi connectivity index (χ0n) is 7.96. The fourth-order valence-corrected chi connectivity index (χ4v) is 2.09. The minimum atomic E-state index is -0.465. The Morgan fingerprint density at radius 2 is 1.93 bits per heavy atom. The molecule has 1 fully saturated rings. The average molecular weight is 225 g/mol. The van der Waals surface area contributed by atoms with Gasteiger partial charge in [-0.05, 0) is 12.5 Å². The second-order valence-electron chi connectivity index (χ2n) is 3.91. The molecule has 0 saturated heterocycles. The molecule has 0 N–H and O–H groups in total. The molecule has 1 heterocycles. The number of benzene rings is 1. The number of hydrogen-bond acceptors (Lipinski definition) is 3. The third-order valence-electron chi connectivity index (χ3n) is 2.90. The Balaban J connectivity index is 2.02. The number of fused-ring (bicyclic) bond motifs is 1. The van der Waals surface area contributed by atoms with E-state index >= 15 is 0 Å². The van der Waals surface area contributed by atoms with Gasteiger partial charge >= 0.3 is 0 Å². The number of ether oxygens (including phenoxy) is 2. The topological polar surface area (TPSA) is 35.5 Å². The highest BCUT2D eigenvalue weighted by Crippen LogP contribution is 2.49. The molecule has 0 radical (unpaired) electrons. The van der Waals surface area contributed by atoms with E-state index in [2.05, 4.69) is 0 Å². The molecule has 1 saturated carbocycles. The normalized spacial score (nSPS) is 20.1. The summed E-state index contributed by atoms with van der Waals surface area (Å²) in [5.74, 6) is 0.805. The molecular formula is C11H9ClO3. The molecule has 0 aromatic heterocycles. The maximum atomic E-state index is 10.7. The number of halogens is 1. The van der Waals surface area contributed by atoms with Crippen molar-refractivity contribution in [2.45, 2.75) is 25.0 Å². The summed E-state index contributed by atoms with van der Waals surface area (Å²) in [6.07, 6.45) is 3.63. The van der Waals surface area contributed by atoms with Crippen LogP contribution in [0.3, 0.4) is 0 Å². The van der Waals surface area contributed by atoms with Crippen molar-refractivity contribution >= 4 is 17.9 Å². The molecule has 1 aliphatic carbocycles. The van der Waals surface area contributed by atoms with Gasteiger partial charge in [-0.1, -0.05) is 11.6 Å². The van der Waals surface area contributed by atoms with Crippen molar-refractivity contribution in [2.24, 2.45) is 0 Å². The van der Waals surface area contributed by atoms with Crippen LogP contribution in [0.1, 0.15) is 29.6 Å². The molecular weight excluding hydrogens is 216 g/mol.